The number of aliphatic hydroxyl groups is 4. The van der Waals surface area contributed by atoms with Crippen LogP contribution in [0.15, 0.2) is 63.8 Å². The van der Waals surface area contributed by atoms with Crippen LogP contribution >= 0.6 is 0 Å². The largest absolute Gasteiger partial charge is 0.507 e. The van der Waals surface area contributed by atoms with E-state index in [1.165, 1.54) is 7.11 Å². The van der Waals surface area contributed by atoms with Gasteiger partial charge in [-0.25, -0.2) is 9.63 Å². The molecule has 0 spiro atoms. The third kappa shape index (κ3) is 5.54. The van der Waals surface area contributed by atoms with E-state index in [2.05, 4.69) is 0 Å². The van der Waals surface area contributed by atoms with Crippen LogP contribution in [0.4, 0.5) is 0 Å². The number of nitrogens with zero attached hydrogens (tertiary/aromatic N) is 1. The Morgan fingerprint density at radius 1 is 1.00 bits per heavy atom. The molecule has 1 aliphatic heterocycles. The third-order valence-electron chi connectivity index (χ3n) is 6.54. The molecule has 3 aromatic rings. The first-order chi connectivity index (χ1) is 17.8. The molecule has 200 valence electrons. The first-order valence-corrected chi connectivity index (χ1v) is 11.9. The van der Waals surface area contributed by atoms with Gasteiger partial charge in [-0.05, 0) is 31.0 Å². The van der Waals surface area contributed by atoms with Gasteiger partial charge in [-0.2, -0.15) is 0 Å². The minimum atomic E-state index is -1.64. The topological polar surface area (TPSA) is 162 Å². The summed E-state index contributed by atoms with van der Waals surface area (Å²) in [5.41, 5.74) is 0.380. The fraction of sp³-hybridized carbons (Fsp3) is 0.423. The fourth-order valence-corrected chi connectivity index (χ4v) is 4.57. The lowest BCUT2D eigenvalue weighted by atomic mass is 9.86. The van der Waals surface area contributed by atoms with Gasteiger partial charge < -0.3 is 34.7 Å². The van der Waals surface area contributed by atoms with Crippen molar-refractivity contribution >= 4 is 11.0 Å². The predicted octanol–water partition coefficient (Wildman–Crippen LogP) is 1.00. The monoisotopic (exact) mass is 517 g/mol. The molecule has 37 heavy (non-hydrogen) atoms. The SMILES string of the molecule is CON(OC1O[C@@H](CO)[C@H](O)[C@@H](O)[C@H]1O)C(C)CC(c1ccccc1)c1c(O)c2ccccc2oc1=O. The number of para-hydroxylation sites is 1. The van der Waals surface area contributed by atoms with Crippen LogP contribution in [-0.4, -0.2) is 81.2 Å². The van der Waals surface area contributed by atoms with Crippen LogP contribution in [0.1, 0.15) is 30.4 Å². The molecule has 0 amide bonds. The Bertz CT molecular complexity index is 1230. The highest BCUT2D eigenvalue weighted by molar-refractivity contribution is 5.84. The molecule has 0 aliphatic carbocycles. The Morgan fingerprint density at radius 3 is 2.35 bits per heavy atom. The molecule has 11 heteroatoms. The van der Waals surface area contributed by atoms with Gasteiger partial charge in [-0.3, -0.25) is 4.84 Å². The number of aromatic hydroxyl groups is 1. The highest BCUT2D eigenvalue weighted by Gasteiger charge is 2.45. The van der Waals surface area contributed by atoms with Crippen molar-refractivity contribution in [2.24, 2.45) is 0 Å². The molecule has 2 heterocycles. The summed E-state index contributed by atoms with van der Waals surface area (Å²) >= 11 is 0. The summed E-state index contributed by atoms with van der Waals surface area (Å²) in [6.07, 6.45) is -7.23. The van der Waals surface area contributed by atoms with Crippen LogP contribution < -0.4 is 5.63 Å². The van der Waals surface area contributed by atoms with E-state index in [9.17, 15) is 30.3 Å². The number of rotatable bonds is 9. The van der Waals surface area contributed by atoms with E-state index in [0.717, 1.165) is 10.8 Å². The molecule has 4 rings (SSSR count). The number of hydroxylamine groups is 2. The fourth-order valence-electron chi connectivity index (χ4n) is 4.57. The average Bonchev–Trinajstić information content (AvgIpc) is 2.91. The molecule has 11 nitrogen and oxygen atoms in total. The van der Waals surface area contributed by atoms with E-state index in [1.807, 2.05) is 30.3 Å². The Balaban J connectivity index is 1.64. The molecule has 2 aromatic carbocycles. The second-order valence-corrected chi connectivity index (χ2v) is 8.97. The molecule has 5 N–H and O–H groups in total. The lowest BCUT2D eigenvalue weighted by Crippen LogP contribution is -2.60. The first-order valence-electron chi connectivity index (χ1n) is 11.9. The Labute approximate surface area is 212 Å². The normalized spacial score (nSPS) is 25.9. The van der Waals surface area contributed by atoms with Gasteiger partial charge in [-0.15, -0.1) is 0 Å². The maximum atomic E-state index is 13.1. The smallest absolute Gasteiger partial charge is 0.343 e. The van der Waals surface area contributed by atoms with E-state index in [0.29, 0.717) is 5.39 Å². The van der Waals surface area contributed by atoms with Crippen LogP contribution in [-0.2, 0) is 14.4 Å². The van der Waals surface area contributed by atoms with Crippen molar-refractivity contribution in [2.45, 2.75) is 56.0 Å². The van der Waals surface area contributed by atoms with Gasteiger partial charge in [0.05, 0.1) is 30.7 Å². The van der Waals surface area contributed by atoms with Crippen molar-refractivity contribution < 1.29 is 44.4 Å². The van der Waals surface area contributed by atoms with Gasteiger partial charge in [0.25, 0.3) is 0 Å². The predicted molar refractivity (Wildman–Crippen MR) is 130 cm³/mol. The van der Waals surface area contributed by atoms with Crippen molar-refractivity contribution in [3.63, 3.8) is 0 Å². The number of ether oxygens (including phenoxy) is 1. The summed E-state index contributed by atoms with van der Waals surface area (Å²) in [6.45, 7) is 1.11. The van der Waals surface area contributed by atoms with Crippen LogP contribution in [0.2, 0.25) is 0 Å². The van der Waals surface area contributed by atoms with Crippen molar-refractivity contribution in [1.82, 2.24) is 5.23 Å². The van der Waals surface area contributed by atoms with Crippen LogP contribution in [0.5, 0.6) is 5.75 Å². The number of hydrogen-bond acceptors (Lipinski definition) is 11. The Hall–Kier alpha value is -2.87. The second kappa shape index (κ2) is 11.7. The van der Waals surface area contributed by atoms with Crippen molar-refractivity contribution in [3.05, 3.63) is 76.1 Å². The Kier molecular flexibility index (Phi) is 8.57. The first kappa shape index (κ1) is 27.2. The molecular weight excluding hydrogens is 486 g/mol. The molecule has 7 atom stereocenters. The average molecular weight is 518 g/mol. The maximum absolute atomic E-state index is 13.1. The van der Waals surface area contributed by atoms with Crippen LogP contribution in [0, 0.1) is 0 Å². The number of hydrogen-bond donors (Lipinski definition) is 5. The van der Waals surface area contributed by atoms with E-state index in [1.54, 1.807) is 31.2 Å². The molecular formula is C26H31NO10. The van der Waals surface area contributed by atoms with E-state index < -0.39 is 54.9 Å². The number of benzene rings is 2. The zero-order chi connectivity index (χ0) is 26.7. The zero-order valence-electron chi connectivity index (χ0n) is 20.4. The highest BCUT2D eigenvalue weighted by Crippen LogP contribution is 2.37. The van der Waals surface area contributed by atoms with Gasteiger partial charge in [-0.1, -0.05) is 47.7 Å². The summed E-state index contributed by atoms with van der Waals surface area (Å²) in [6, 6.07) is 15.2. The maximum Gasteiger partial charge on any atom is 0.343 e. The Morgan fingerprint density at radius 2 is 1.68 bits per heavy atom. The molecule has 0 saturated carbocycles. The molecule has 0 radical (unpaired) electrons. The molecule has 1 aromatic heterocycles. The number of fused-ring (bicyclic) bond motifs is 1. The lowest BCUT2D eigenvalue weighted by Gasteiger charge is -2.41. The summed E-state index contributed by atoms with van der Waals surface area (Å²) in [7, 11) is 1.32. The zero-order valence-corrected chi connectivity index (χ0v) is 20.4. The third-order valence-corrected chi connectivity index (χ3v) is 6.54. The van der Waals surface area contributed by atoms with Gasteiger partial charge in [0.15, 0.2) is 0 Å². The van der Waals surface area contributed by atoms with Gasteiger partial charge in [0.1, 0.15) is 35.7 Å². The number of aliphatic hydroxyl groups excluding tert-OH is 4. The summed E-state index contributed by atoms with van der Waals surface area (Å²) in [4.78, 5) is 24.1. The molecule has 1 aliphatic rings. The summed E-state index contributed by atoms with van der Waals surface area (Å²) < 4.78 is 10.9. The molecule has 3 unspecified atom stereocenters. The summed E-state index contributed by atoms with van der Waals surface area (Å²) in [5.74, 6) is -0.833. The minimum absolute atomic E-state index is 0.0700. The van der Waals surface area contributed by atoms with Gasteiger partial charge in [0.2, 0.25) is 6.29 Å². The van der Waals surface area contributed by atoms with Gasteiger partial charge >= 0.3 is 5.63 Å². The molecule has 1 saturated heterocycles. The highest BCUT2D eigenvalue weighted by atomic mass is 17.0. The van der Waals surface area contributed by atoms with Crippen molar-refractivity contribution in [3.8, 4) is 5.75 Å². The van der Waals surface area contributed by atoms with E-state index in [-0.39, 0.29) is 23.3 Å². The molecule has 1 fully saturated rings. The quantitative estimate of drug-likeness (QED) is 0.203. The van der Waals surface area contributed by atoms with Crippen LogP contribution in [0.25, 0.3) is 11.0 Å². The lowest BCUT2D eigenvalue weighted by molar-refractivity contribution is -0.453. The second-order valence-electron chi connectivity index (χ2n) is 8.97. The molecule has 0 bridgehead atoms. The minimum Gasteiger partial charge on any atom is -0.507 e. The van der Waals surface area contributed by atoms with Gasteiger partial charge in [0, 0.05) is 5.92 Å². The van der Waals surface area contributed by atoms with E-state index >= 15 is 0 Å². The van der Waals surface area contributed by atoms with E-state index in [4.69, 9.17) is 18.8 Å². The van der Waals surface area contributed by atoms with Crippen LogP contribution in [0.3, 0.4) is 0 Å². The standard InChI is InChI=1S/C26H31NO10/c1-14(27(34-2)37-26-24(32)23(31)22(30)19(13-28)36-26)12-17(15-8-4-3-5-9-15)20-21(29)16-10-6-7-11-18(16)35-25(20)33/h3-11,14,17,19,22-24,26,28-32H,12-13H2,1-2H3/t14?,17?,19-,22-,23+,24+,26?/m0/s1. The van der Waals surface area contributed by atoms with Crippen molar-refractivity contribution in [2.75, 3.05) is 13.7 Å². The summed E-state index contributed by atoms with van der Waals surface area (Å²) in [5, 5.41) is 52.4. The van der Waals surface area contributed by atoms with Crippen molar-refractivity contribution in [1.29, 1.82) is 0 Å².